The van der Waals surface area contributed by atoms with Crippen LogP contribution in [0.15, 0.2) is 60.9 Å². The van der Waals surface area contributed by atoms with E-state index >= 15 is 0 Å². The van der Waals surface area contributed by atoms with E-state index in [1.165, 1.54) is 0 Å². The second-order valence-corrected chi connectivity index (χ2v) is 4.19. The van der Waals surface area contributed by atoms with E-state index in [4.69, 9.17) is 5.73 Å². The van der Waals surface area contributed by atoms with Crippen LogP contribution in [0.1, 0.15) is 0 Å². The fraction of sp³-hybridized carbons (Fsp3) is 0. The smallest absolute Gasteiger partial charge is 0.155 e. The van der Waals surface area contributed by atoms with Gasteiger partial charge in [0.05, 0.1) is 17.1 Å². The topological polar surface area (TPSA) is 76.7 Å². The lowest BCUT2D eigenvalue weighted by Gasteiger charge is -2.09. The maximum absolute atomic E-state index is 5.94. The molecule has 0 aromatic carbocycles. The van der Waals surface area contributed by atoms with Crippen molar-refractivity contribution < 1.29 is 0 Å². The third-order valence-corrected chi connectivity index (χ3v) is 2.77. The lowest BCUT2D eigenvalue weighted by molar-refractivity contribution is 1.22. The molecule has 3 heterocycles. The Labute approximate surface area is 116 Å². The van der Waals surface area contributed by atoms with Gasteiger partial charge in [-0.25, -0.2) is 9.97 Å². The summed E-state index contributed by atoms with van der Waals surface area (Å²) in [5, 5.41) is 3.11. The first kappa shape index (κ1) is 12.1. The van der Waals surface area contributed by atoms with E-state index < -0.39 is 0 Å². The molecule has 0 unspecified atom stereocenters. The Morgan fingerprint density at radius 1 is 0.800 bits per heavy atom. The maximum atomic E-state index is 5.94. The van der Waals surface area contributed by atoms with Crippen LogP contribution < -0.4 is 11.1 Å². The standard InChI is InChI=1S/C15H13N5/c16-11-7-8-13(12-5-1-3-9-17-12)19-15(11)20-14-6-2-4-10-18-14/h1-10H,16H2,(H,18,19,20). The molecule has 3 rings (SSSR count). The zero-order chi connectivity index (χ0) is 13.8. The van der Waals surface area contributed by atoms with Crippen molar-refractivity contribution in [2.24, 2.45) is 0 Å². The molecule has 98 valence electrons. The second-order valence-electron chi connectivity index (χ2n) is 4.19. The summed E-state index contributed by atoms with van der Waals surface area (Å²) in [6, 6.07) is 15.0. The van der Waals surface area contributed by atoms with Gasteiger partial charge in [0.25, 0.3) is 0 Å². The summed E-state index contributed by atoms with van der Waals surface area (Å²) >= 11 is 0. The molecule has 0 aliphatic carbocycles. The Bertz CT molecular complexity index is 698. The van der Waals surface area contributed by atoms with Crippen LogP contribution in [-0.4, -0.2) is 15.0 Å². The Morgan fingerprint density at radius 2 is 1.60 bits per heavy atom. The largest absolute Gasteiger partial charge is 0.396 e. The number of aromatic nitrogens is 3. The van der Waals surface area contributed by atoms with Crippen LogP contribution in [0.5, 0.6) is 0 Å². The minimum absolute atomic E-state index is 0.565. The minimum atomic E-state index is 0.565. The number of rotatable bonds is 3. The molecule has 0 fully saturated rings. The van der Waals surface area contributed by atoms with Gasteiger partial charge in [0.1, 0.15) is 5.82 Å². The molecule has 0 spiro atoms. The molecule has 20 heavy (non-hydrogen) atoms. The van der Waals surface area contributed by atoms with E-state index in [2.05, 4.69) is 20.3 Å². The average molecular weight is 263 g/mol. The normalized spacial score (nSPS) is 10.2. The van der Waals surface area contributed by atoms with Gasteiger partial charge in [-0.15, -0.1) is 0 Å². The number of hydrogen-bond donors (Lipinski definition) is 2. The summed E-state index contributed by atoms with van der Waals surface area (Å²) in [6.45, 7) is 0. The van der Waals surface area contributed by atoms with Crippen LogP contribution in [0.3, 0.4) is 0 Å². The van der Waals surface area contributed by atoms with Crippen molar-refractivity contribution in [3.8, 4) is 11.4 Å². The first-order chi connectivity index (χ1) is 9.83. The number of nitrogens with two attached hydrogens (primary N) is 1. The highest BCUT2D eigenvalue weighted by Gasteiger charge is 2.06. The molecular formula is C15H13N5. The SMILES string of the molecule is Nc1ccc(-c2ccccn2)nc1Nc1ccccn1. The lowest BCUT2D eigenvalue weighted by Crippen LogP contribution is -2.01. The van der Waals surface area contributed by atoms with Crippen LogP contribution in [-0.2, 0) is 0 Å². The Morgan fingerprint density at radius 3 is 2.30 bits per heavy atom. The molecule has 0 saturated carbocycles. The third-order valence-electron chi connectivity index (χ3n) is 2.77. The molecule has 3 aromatic heterocycles. The number of nitrogens with one attached hydrogen (secondary N) is 1. The van der Waals surface area contributed by atoms with E-state index in [1.807, 2.05) is 48.5 Å². The Kier molecular flexibility index (Phi) is 3.24. The molecule has 0 atom stereocenters. The van der Waals surface area contributed by atoms with Crippen molar-refractivity contribution in [1.82, 2.24) is 15.0 Å². The van der Waals surface area contributed by atoms with Gasteiger partial charge in [0.2, 0.25) is 0 Å². The molecule has 0 aliphatic heterocycles. The van der Waals surface area contributed by atoms with Crippen LogP contribution in [0.2, 0.25) is 0 Å². The molecule has 0 amide bonds. The highest BCUT2D eigenvalue weighted by atomic mass is 15.1. The molecule has 0 aliphatic rings. The minimum Gasteiger partial charge on any atom is -0.396 e. The summed E-state index contributed by atoms with van der Waals surface area (Å²) in [5.74, 6) is 1.27. The van der Waals surface area contributed by atoms with E-state index in [0.29, 0.717) is 17.3 Å². The highest BCUT2D eigenvalue weighted by Crippen LogP contribution is 2.23. The zero-order valence-electron chi connectivity index (χ0n) is 10.7. The van der Waals surface area contributed by atoms with Crippen LogP contribution in [0, 0.1) is 0 Å². The summed E-state index contributed by atoms with van der Waals surface area (Å²) in [5.41, 5.74) is 8.07. The third kappa shape index (κ3) is 2.56. The van der Waals surface area contributed by atoms with Gasteiger partial charge in [-0.1, -0.05) is 12.1 Å². The average Bonchev–Trinajstić information content (AvgIpc) is 2.51. The van der Waals surface area contributed by atoms with Crippen molar-refractivity contribution in [3.63, 3.8) is 0 Å². The van der Waals surface area contributed by atoms with Crippen molar-refractivity contribution in [1.29, 1.82) is 0 Å². The number of hydrogen-bond acceptors (Lipinski definition) is 5. The van der Waals surface area contributed by atoms with Crippen molar-refractivity contribution in [2.75, 3.05) is 11.1 Å². The summed E-state index contributed by atoms with van der Waals surface area (Å²) in [6.07, 6.45) is 3.44. The van der Waals surface area contributed by atoms with E-state index in [-0.39, 0.29) is 0 Å². The monoisotopic (exact) mass is 263 g/mol. The maximum Gasteiger partial charge on any atom is 0.155 e. The van der Waals surface area contributed by atoms with E-state index in [9.17, 15) is 0 Å². The van der Waals surface area contributed by atoms with Crippen LogP contribution in [0.25, 0.3) is 11.4 Å². The number of nitrogens with zero attached hydrogens (tertiary/aromatic N) is 3. The highest BCUT2D eigenvalue weighted by molar-refractivity contribution is 5.71. The Hall–Kier alpha value is -2.95. The molecule has 5 nitrogen and oxygen atoms in total. The second kappa shape index (κ2) is 5.36. The quantitative estimate of drug-likeness (QED) is 0.759. The predicted molar refractivity (Wildman–Crippen MR) is 79.4 cm³/mol. The summed E-state index contributed by atoms with van der Waals surface area (Å²) in [7, 11) is 0. The number of pyridine rings is 3. The zero-order valence-corrected chi connectivity index (χ0v) is 10.7. The van der Waals surface area contributed by atoms with Gasteiger partial charge >= 0.3 is 0 Å². The first-order valence-corrected chi connectivity index (χ1v) is 6.19. The van der Waals surface area contributed by atoms with Gasteiger partial charge in [-0.2, -0.15) is 0 Å². The molecular weight excluding hydrogens is 250 g/mol. The molecule has 3 N–H and O–H groups in total. The van der Waals surface area contributed by atoms with E-state index in [1.54, 1.807) is 12.4 Å². The fourth-order valence-electron chi connectivity index (χ4n) is 1.78. The van der Waals surface area contributed by atoms with Crippen molar-refractivity contribution >= 4 is 17.3 Å². The van der Waals surface area contributed by atoms with Gasteiger partial charge in [0, 0.05) is 12.4 Å². The molecule has 0 radical (unpaired) electrons. The fourth-order valence-corrected chi connectivity index (χ4v) is 1.78. The lowest BCUT2D eigenvalue weighted by atomic mass is 10.2. The van der Waals surface area contributed by atoms with Gasteiger partial charge in [0.15, 0.2) is 5.82 Å². The number of nitrogen functional groups attached to an aromatic ring is 1. The van der Waals surface area contributed by atoms with Crippen molar-refractivity contribution in [2.45, 2.75) is 0 Å². The van der Waals surface area contributed by atoms with E-state index in [0.717, 1.165) is 11.4 Å². The van der Waals surface area contributed by atoms with Crippen LogP contribution in [0.4, 0.5) is 17.3 Å². The van der Waals surface area contributed by atoms with Gasteiger partial charge in [-0.05, 0) is 36.4 Å². The molecule has 0 saturated heterocycles. The van der Waals surface area contributed by atoms with Gasteiger partial charge in [-0.3, -0.25) is 4.98 Å². The summed E-state index contributed by atoms with van der Waals surface area (Å²) in [4.78, 5) is 13.0. The molecule has 3 aromatic rings. The molecule has 0 bridgehead atoms. The number of anilines is 3. The first-order valence-electron chi connectivity index (χ1n) is 6.19. The Balaban J connectivity index is 1.95. The predicted octanol–water partition coefficient (Wildman–Crippen LogP) is 2.86. The summed E-state index contributed by atoms with van der Waals surface area (Å²) < 4.78 is 0. The van der Waals surface area contributed by atoms with Crippen molar-refractivity contribution in [3.05, 3.63) is 60.9 Å². The van der Waals surface area contributed by atoms with Gasteiger partial charge < -0.3 is 11.1 Å². The van der Waals surface area contributed by atoms with Crippen LogP contribution >= 0.6 is 0 Å². The molecule has 5 heteroatoms.